The molecule has 0 saturated carbocycles. The first-order valence-electron chi connectivity index (χ1n) is 5.96. The van der Waals surface area contributed by atoms with Crippen LogP contribution in [0.5, 0.6) is 5.75 Å². The molecule has 1 aromatic carbocycles. The predicted octanol–water partition coefficient (Wildman–Crippen LogP) is 1.63. The number of hydrogen-bond donors (Lipinski definition) is 2. The summed E-state index contributed by atoms with van der Waals surface area (Å²) in [6.45, 7) is 4.19. The SMILES string of the molecule is CCOc1ccc(NC(=O)CSC(C)C(N)=O)cc1. The van der Waals surface area contributed by atoms with Crippen molar-refractivity contribution in [3.63, 3.8) is 0 Å². The third kappa shape index (κ3) is 5.65. The van der Waals surface area contributed by atoms with Crippen molar-refractivity contribution in [1.29, 1.82) is 0 Å². The maximum Gasteiger partial charge on any atom is 0.234 e. The standard InChI is InChI=1S/C13H18N2O3S/c1-3-18-11-6-4-10(5-7-11)15-12(16)8-19-9(2)13(14)17/h4-7,9H,3,8H2,1-2H3,(H2,14,17)(H,15,16). The molecule has 0 saturated heterocycles. The Bertz CT molecular complexity index is 434. The summed E-state index contributed by atoms with van der Waals surface area (Å²) in [5.41, 5.74) is 5.81. The predicted molar refractivity (Wildman–Crippen MR) is 77.4 cm³/mol. The molecule has 3 N–H and O–H groups in total. The summed E-state index contributed by atoms with van der Waals surface area (Å²) in [6.07, 6.45) is 0. The van der Waals surface area contributed by atoms with Crippen LogP contribution in [0.25, 0.3) is 0 Å². The molecular formula is C13H18N2O3S. The number of ether oxygens (including phenoxy) is 1. The van der Waals surface area contributed by atoms with Crippen LogP contribution in [0.15, 0.2) is 24.3 Å². The summed E-state index contributed by atoms with van der Waals surface area (Å²) >= 11 is 1.21. The van der Waals surface area contributed by atoms with Crippen LogP contribution in [0.2, 0.25) is 0 Å². The summed E-state index contributed by atoms with van der Waals surface area (Å²) < 4.78 is 5.30. The topological polar surface area (TPSA) is 81.4 Å². The van der Waals surface area contributed by atoms with Gasteiger partial charge in [-0.1, -0.05) is 0 Å². The van der Waals surface area contributed by atoms with Crippen LogP contribution in [0.4, 0.5) is 5.69 Å². The number of carbonyl (C=O) groups excluding carboxylic acids is 2. The lowest BCUT2D eigenvalue weighted by molar-refractivity contribution is -0.117. The fourth-order valence-electron chi connectivity index (χ4n) is 1.28. The Balaban J connectivity index is 2.41. The molecule has 0 aliphatic rings. The highest BCUT2D eigenvalue weighted by atomic mass is 32.2. The van der Waals surface area contributed by atoms with Crippen LogP contribution >= 0.6 is 11.8 Å². The van der Waals surface area contributed by atoms with E-state index in [0.29, 0.717) is 12.3 Å². The Morgan fingerprint density at radius 2 is 2.00 bits per heavy atom. The van der Waals surface area contributed by atoms with Crippen molar-refractivity contribution in [2.24, 2.45) is 5.73 Å². The monoisotopic (exact) mass is 282 g/mol. The second-order valence-electron chi connectivity index (χ2n) is 3.86. The highest BCUT2D eigenvalue weighted by Crippen LogP contribution is 2.16. The molecule has 0 aliphatic heterocycles. The van der Waals surface area contributed by atoms with Gasteiger partial charge in [0.05, 0.1) is 17.6 Å². The number of amides is 2. The summed E-state index contributed by atoms with van der Waals surface area (Å²) in [5, 5.41) is 2.37. The number of nitrogens with one attached hydrogen (secondary N) is 1. The fourth-order valence-corrected chi connectivity index (χ4v) is 1.92. The quantitative estimate of drug-likeness (QED) is 0.796. The first kappa shape index (κ1) is 15.4. The highest BCUT2D eigenvalue weighted by Gasteiger charge is 2.11. The van der Waals surface area contributed by atoms with Gasteiger partial charge in [0.15, 0.2) is 0 Å². The van der Waals surface area contributed by atoms with Crippen LogP contribution < -0.4 is 15.8 Å². The van der Waals surface area contributed by atoms with Crippen LogP contribution in [-0.2, 0) is 9.59 Å². The Morgan fingerprint density at radius 1 is 1.37 bits per heavy atom. The van der Waals surface area contributed by atoms with Gasteiger partial charge in [-0.2, -0.15) is 0 Å². The van der Waals surface area contributed by atoms with Gasteiger partial charge >= 0.3 is 0 Å². The first-order chi connectivity index (χ1) is 9.02. The van der Waals surface area contributed by atoms with E-state index in [1.807, 2.05) is 6.92 Å². The minimum Gasteiger partial charge on any atom is -0.494 e. The number of carbonyl (C=O) groups is 2. The van der Waals surface area contributed by atoms with E-state index in [9.17, 15) is 9.59 Å². The number of hydrogen-bond acceptors (Lipinski definition) is 4. The summed E-state index contributed by atoms with van der Waals surface area (Å²) in [6, 6.07) is 7.12. The first-order valence-corrected chi connectivity index (χ1v) is 7.01. The average Bonchev–Trinajstić information content (AvgIpc) is 2.38. The molecule has 1 unspecified atom stereocenters. The third-order valence-corrected chi connectivity index (χ3v) is 3.48. The normalized spacial score (nSPS) is 11.7. The number of nitrogens with two attached hydrogens (primary N) is 1. The number of anilines is 1. The largest absolute Gasteiger partial charge is 0.494 e. The zero-order valence-corrected chi connectivity index (χ0v) is 11.8. The van der Waals surface area contributed by atoms with Gasteiger partial charge in [0, 0.05) is 5.69 Å². The van der Waals surface area contributed by atoms with Crippen LogP contribution in [0.3, 0.4) is 0 Å². The highest BCUT2D eigenvalue weighted by molar-refractivity contribution is 8.01. The van der Waals surface area contributed by atoms with Gasteiger partial charge in [0.2, 0.25) is 11.8 Å². The van der Waals surface area contributed by atoms with E-state index in [4.69, 9.17) is 10.5 Å². The minimum absolute atomic E-state index is 0.165. The molecule has 0 aliphatic carbocycles. The molecule has 6 heteroatoms. The molecule has 5 nitrogen and oxygen atoms in total. The van der Waals surface area contributed by atoms with Gasteiger partial charge in [-0.05, 0) is 38.1 Å². The lowest BCUT2D eigenvalue weighted by Crippen LogP contribution is -2.25. The number of benzene rings is 1. The molecule has 1 aromatic rings. The second-order valence-corrected chi connectivity index (χ2v) is 5.19. The van der Waals surface area contributed by atoms with Crippen LogP contribution in [0, 0.1) is 0 Å². The van der Waals surface area contributed by atoms with Crippen molar-refractivity contribution < 1.29 is 14.3 Å². The van der Waals surface area contributed by atoms with E-state index in [0.717, 1.165) is 5.75 Å². The molecule has 2 amide bonds. The van der Waals surface area contributed by atoms with Crippen molar-refractivity contribution in [2.75, 3.05) is 17.7 Å². The smallest absolute Gasteiger partial charge is 0.234 e. The van der Waals surface area contributed by atoms with Crippen molar-refractivity contribution in [1.82, 2.24) is 0 Å². The lowest BCUT2D eigenvalue weighted by Gasteiger charge is -2.08. The van der Waals surface area contributed by atoms with Crippen molar-refractivity contribution >= 4 is 29.3 Å². The Morgan fingerprint density at radius 3 is 2.53 bits per heavy atom. The number of primary amides is 1. The Labute approximate surface area is 116 Å². The maximum atomic E-state index is 11.6. The molecule has 0 aromatic heterocycles. The zero-order chi connectivity index (χ0) is 14.3. The molecule has 1 atom stereocenters. The van der Waals surface area contributed by atoms with Crippen molar-refractivity contribution in [3.8, 4) is 5.75 Å². The molecule has 19 heavy (non-hydrogen) atoms. The second kappa shape index (κ2) is 7.68. The van der Waals surface area contributed by atoms with E-state index in [1.54, 1.807) is 31.2 Å². The van der Waals surface area contributed by atoms with Gasteiger partial charge in [0.1, 0.15) is 5.75 Å². The zero-order valence-electron chi connectivity index (χ0n) is 11.0. The molecule has 104 valence electrons. The van der Waals surface area contributed by atoms with E-state index >= 15 is 0 Å². The Hall–Kier alpha value is -1.69. The molecular weight excluding hydrogens is 264 g/mol. The molecule has 1 rings (SSSR count). The van der Waals surface area contributed by atoms with Gasteiger partial charge in [-0.15, -0.1) is 11.8 Å². The molecule has 0 fully saturated rings. The summed E-state index contributed by atoms with van der Waals surface area (Å²) in [5.74, 6) is 0.371. The molecule has 0 radical (unpaired) electrons. The van der Waals surface area contributed by atoms with E-state index in [1.165, 1.54) is 11.8 Å². The van der Waals surface area contributed by atoms with E-state index in [-0.39, 0.29) is 16.9 Å². The molecule has 0 bridgehead atoms. The maximum absolute atomic E-state index is 11.6. The van der Waals surface area contributed by atoms with Crippen molar-refractivity contribution in [3.05, 3.63) is 24.3 Å². The van der Waals surface area contributed by atoms with Crippen LogP contribution in [0.1, 0.15) is 13.8 Å². The fraction of sp³-hybridized carbons (Fsp3) is 0.385. The molecule has 0 spiro atoms. The van der Waals surface area contributed by atoms with Crippen LogP contribution in [-0.4, -0.2) is 29.4 Å². The minimum atomic E-state index is -0.418. The van der Waals surface area contributed by atoms with Gasteiger partial charge < -0.3 is 15.8 Å². The number of rotatable bonds is 7. The van der Waals surface area contributed by atoms with E-state index in [2.05, 4.69) is 5.32 Å². The third-order valence-electron chi connectivity index (χ3n) is 2.31. The van der Waals surface area contributed by atoms with Gasteiger partial charge in [-0.25, -0.2) is 0 Å². The Kier molecular flexibility index (Phi) is 6.21. The average molecular weight is 282 g/mol. The number of thioether (sulfide) groups is 1. The summed E-state index contributed by atoms with van der Waals surface area (Å²) in [4.78, 5) is 22.5. The molecule has 0 heterocycles. The van der Waals surface area contributed by atoms with E-state index < -0.39 is 5.91 Å². The van der Waals surface area contributed by atoms with Crippen molar-refractivity contribution in [2.45, 2.75) is 19.1 Å². The summed E-state index contributed by atoms with van der Waals surface area (Å²) in [7, 11) is 0. The van der Waals surface area contributed by atoms with Gasteiger partial charge in [0.25, 0.3) is 0 Å². The van der Waals surface area contributed by atoms with Gasteiger partial charge in [-0.3, -0.25) is 9.59 Å². The lowest BCUT2D eigenvalue weighted by atomic mass is 10.3.